The lowest BCUT2D eigenvalue weighted by atomic mass is 10.1. The van der Waals surface area contributed by atoms with Gasteiger partial charge in [0.15, 0.2) is 11.6 Å². The van der Waals surface area contributed by atoms with Gasteiger partial charge in [0.1, 0.15) is 12.1 Å². The predicted molar refractivity (Wildman–Crippen MR) is 74.3 cm³/mol. The third kappa shape index (κ3) is 2.74. The Morgan fingerprint density at radius 2 is 2.19 bits per heavy atom. The van der Waals surface area contributed by atoms with Crippen LogP contribution in [0.25, 0.3) is 0 Å². The largest absolute Gasteiger partial charge is 0.484 e. The smallest absolute Gasteiger partial charge is 0.245 e. The number of ether oxygens (including phenoxy) is 1. The number of aromatic nitrogens is 2. The Morgan fingerprint density at radius 1 is 1.43 bits per heavy atom. The van der Waals surface area contributed by atoms with E-state index in [-0.39, 0.29) is 29.6 Å². The van der Waals surface area contributed by atoms with Crippen LogP contribution in [0, 0.1) is 5.82 Å². The summed E-state index contributed by atoms with van der Waals surface area (Å²) in [6.45, 7) is 2.79. The van der Waals surface area contributed by atoms with Crippen LogP contribution in [0.4, 0.5) is 4.39 Å². The lowest BCUT2D eigenvalue weighted by molar-refractivity contribution is -0.143. The van der Waals surface area contributed by atoms with Crippen LogP contribution in [-0.2, 0) is 4.79 Å². The number of hydrogen-bond acceptors (Lipinski definition) is 3. The maximum absolute atomic E-state index is 13.5. The van der Waals surface area contributed by atoms with Crippen LogP contribution in [0.15, 0.2) is 43.0 Å². The van der Waals surface area contributed by atoms with Crippen molar-refractivity contribution in [3.05, 3.63) is 48.8 Å². The number of benzene rings is 1. The second-order valence-electron chi connectivity index (χ2n) is 5.10. The number of carbonyl (C=O) groups excluding carboxylic acids is 1. The van der Waals surface area contributed by atoms with Crippen LogP contribution in [-0.4, -0.2) is 39.6 Å². The van der Waals surface area contributed by atoms with Crippen molar-refractivity contribution in [1.29, 1.82) is 0 Å². The lowest BCUT2D eigenvalue weighted by Crippen LogP contribution is -2.57. The topological polar surface area (TPSA) is 47.4 Å². The second-order valence-corrected chi connectivity index (χ2v) is 5.10. The summed E-state index contributed by atoms with van der Waals surface area (Å²) in [7, 11) is 0. The molecule has 6 heteroatoms. The number of hydrogen-bond donors (Lipinski definition) is 0. The molecule has 21 heavy (non-hydrogen) atoms. The molecule has 0 unspecified atom stereocenters. The van der Waals surface area contributed by atoms with Gasteiger partial charge in [-0.2, -0.15) is 0 Å². The van der Waals surface area contributed by atoms with E-state index in [9.17, 15) is 9.18 Å². The molecule has 1 fully saturated rings. The predicted octanol–water partition coefficient (Wildman–Crippen LogP) is 1.87. The molecular weight excluding hydrogens is 273 g/mol. The fraction of sp³-hybridized carbons (Fsp3) is 0.333. The number of likely N-dealkylation sites (tertiary alicyclic amines) is 1. The van der Waals surface area contributed by atoms with Crippen molar-refractivity contribution in [3.8, 4) is 5.75 Å². The zero-order valence-electron chi connectivity index (χ0n) is 11.6. The average Bonchev–Trinajstić information content (AvgIpc) is 2.96. The summed E-state index contributed by atoms with van der Waals surface area (Å²) in [5, 5.41) is 0. The summed E-state index contributed by atoms with van der Waals surface area (Å²) in [6, 6.07) is 6.00. The molecule has 1 atom stereocenters. The Kier molecular flexibility index (Phi) is 3.60. The van der Waals surface area contributed by atoms with E-state index < -0.39 is 0 Å². The van der Waals surface area contributed by atoms with Gasteiger partial charge in [-0.05, 0) is 19.1 Å². The molecule has 1 aliphatic heterocycles. The van der Waals surface area contributed by atoms with E-state index in [2.05, 4.69) is 4.98 Å². The molecule has 0 aliphatic carbocycles. The molecule has 110 valence electrons. The summed E-state index contributed by atoms with van der Waals surface area (Å²) < 4.78 is 20.8. The molecular formula is C15H16FN3O2. The van der Waals surface area contributed by atoms with Gasteiger partial charge >= 0.3 is 0 Å². The number of halogens is 1. The van der Waals surface area contributed by atoms with Crippen LogP contribution in [0.1, 0.15) is 13.0 Å². The summed E-state index contributed by atoms with van der Waals surface area (Å²) in [5.41, 5.74) is 0. The molecule has 0 N–H and O–H groups in total. The first-order chi connectivity index (χ1) is 10.1. The molecule has 0 spiro atoms. The first-order valence-electron chi connectivity index (χ1n) is 6.82. The fourth-order valence-corrected chi connectivity index (χ4v) is 2.30. The first-order valence-corrected chi connectivity index (χ1v) is 6.82. The van der Waals surface area contributed by atoms with Gasteiger partial charge in [0.2, 0.25) is 5.91 Å². The Hall–Kier alpha value is -2.37. The van der Waals surface area contributed by atoms with Crippen molar-refractivity contribution < 1.29 is 13.9 Å². The summed E-state index contributed by atoms with van der Waals surface area (Å²) >= 11 is 0. The third-order valence-electron chi connectivity index (χ3n) is 3.62. The highest BCUT2D eigenvalue weighted by atomic mass is 19.1. The zero-order valence-corrected chi connectivity index (χ0v) is 11.6. The van der Waals surface area contributed by atoms with E-state index in [1.165, 1.54) is 6.07 Å². The van der Waals surface area contributed by atoms with Crippen molar-refractivity contribution in [2.75, 3.05) is 13.1 Å². The number of amides is 1. The van der Waals surface area contributed by atoms with Crippen molar-refractivity contribution in [3.63, 3.8) is 0 Å². The van der Waals surface area contributed by atoms with Gasteiger partial charge in [0.25, 0.3) is 0 Å². The van der Waals surface area contributed by atoms with Crippen LogP contribution in [0.3, 0.4) is 0 Å². The monoisotopic (exact) mass is 289 g/mol. The number of carbonyl (C=O) groups is 1. The standard InChI is InChI=1S/C15H16FN3O2/c1-11(18-7-6-17-10-18)15(20)19-8-12(9-19)21-14-5-3-2-4-13(14)16/h2-7,10-12H,8-9H2,1H3/t11-/m1/s1. The fourth-order valence-electron chi connectivity index (χ4n) is 2.30. The zero-order chi connectivity index (χ0) is 14.8. The minimum absolute atomic E-state index is 0.0152. The Labute approximate surface area is 122 Å². The normalized spacial score (nSPS) is 16.4. The van der Waals surface area contributed by atoms with E-state index in [1.54, 1.807) is 46.4 Å². The van der Waals surface area contributed by atoms with Gasteiger partial charge in [-0.1, -0.05) is 12.1 Å². The minimum atomic E-state index is -0.380. The highest BCUT2D eigenvalue weighted by Gasteiger charge is 2.35. The van der Waals surface area contributed by atoms with Gasteiger partial charge in [-0.3, -0.25) is 4.79 Å². The number of rotatable bonds is 4. The van der Waals surface area contributed by atoms with Gasteiger partial charge in [-0.25, -0.2) is 9.37 Å². The lowest BCUT2D eigenvalue weighted by Gasteiger charge is -2.40. The maximum atomic E-state index is 13.5. The Bertz CT molecular complexity index is 624. The minimum Gasteiger partial charge on any atom is -0.484 e. The summed E-state index contributed by atoms with van der Waals surface area (Å²) in [4.78, 5) is 17.9. The van der Waals surface area contributed by atoms with Crippen LogP contribution >= 0.6 is 0 Å². The Balaban J connectivity index is 1.54. The molecule has 1 aliphatic rings. The summed E-state index contributed by atoms with van der Waals surface area (Å²) in [5.74, 6) is -0.132. The van der Waals surface area contributed by atoms with Gasteiger partial charge in [-0.15, -0.1) is 0 Å². The van der Waals surface area contributed by atoms with Crippen molar-refractivity contribution in [2.24, 2.45) is 0 Å². The second kappa shape index (κ2) is 5.55. The molecule has 1 saturated heterocycles. The molecule has 2 heterocycles. The van der Waals surface area contributed by atoms with Crippen molar-refractivity contribution in [2.45, 2.75) is 19.1 Å². The van der Waals surface area contributed by atoms with Crippen molar-refractivity contribution >= 4 is 5.91 Å². The number of nitrogens with zero attached hydrogens (tertiary/aromatic N) is 3. The molecule has 2 aromatic rings. The van der Waals surface area contributed by atoms with Crippen molar-refractivity contribution in [1.82, 2.24) is 14.5 Å². The average molecular weight is 289 g/mol. The highest BCUT2D eigenvalue weighted by Crippen LogP contribution is 2.23. The van der Waals surface area contributed by atoms with Gasteiger partial charge in [0, 0.05) is 12.4 Å². The maximum Gasteiger partial charge on any atom is 0.245 e. The first kappa shape index (κ1) is 13.6. The van der Waals surface area contributed by atoms with E-state index in [0.29, 0.717) is 13.1 Å². The van der Waals surface area contributed by atoms with Crippen LogP contribution in [0.5, 0.6) is 5.75 Å². The molecule has 3 rings (SSSR count). The molecule has 1 aromatic carbocycles. The molecule has 0 saturated carbocycles. The molecule has 5 nitrogen and oxygen atoms in total. The SMILES string of the molecule is C[C@H](C(=O)N1CC(Oc2ccccc2F)C1)n1ccnc1. The molecule has 1 amide bonds. The third-order valence-corrected chi connectivity index (χ3v) is 3.62. The quantitative estimate of drug-likeness (QED) is 0.863. The van der Waals surface area contributed by atoms with Gasteiger partial charge < -0.3 is 14.2 Å². The highest BCUT2D eigenvalue weighted by molar-refractivity contribution is 5.81. The van der Waals surface area contributed by atoms with E-state index in [1.807, 2.05) is 6.92 Å². The van der Waals surface area contributed by atoms with Crippen LogP contribution < -0.4 is 4.74 Å². The van der Waals surface area contributed by atoms with E-state index >= 15 is 0 Å². The molecule has 1 aromatic heterocycles. The summed E-state index contributed by atoms with van der Waals surface area (Å²) in [6.07, 6.45) is 4.87. The van der Waals surface area contributed by atoms with E-state index in [4.69, 9.17) is 4.74 Å². The van der Waals surface area contributed by atoms with Gasteiger partial charge in [0.05, 0.1) is 19.4 Å². The van der Waals surface area contributed by atoms with E-state index in [0.717, 1.165) is 0 Å². The van der Waals surface area contributed by atoms with Crippen LogP contribution in [0.2, 0.25) is 0 Å². The molecule has 0 radical (unpaired) electrons. The number of para-hydroxylation sites is 1. The number of imidazole rings is 1. The Morgan fingerprint density at radius 3 is 2.86 bits per heavy atom. The molecule has 0 bridgehead atoms.